The van der Waals surface area contributed by atoms with Crippen LogP contribution < -0.4 is 5.32 Å². The van der Waals surface area contributed by atoms with Crippen molar-refractivity contribution in [1.82, 2.24) is 4.90 Å². The average Bonchev–Trinajstić information content (AvgIpc) is 2.28. The van der Waals surface area contributed by atoms with E-state index in [2.05, 4.69) is 5.32 Å². The number of likely N-dealkylation sites (N-methyl/N-ethyl adjacent to an activating group) is 1. The summed E-state index contributed by atoms with van der Waals surface area (Å²) in [6.45, 7) is 3.69. The van der Waals surface area contributed by atoms with Crippen LogP contribution in [-0.2, 0) is 4.79 Å². The fourth-order valence-electron chi connectivity index (χ4n) is 1.87. The molecule has 1 aromatic carbocycles. The van der Waals surface area contributed by atoms with E-state index < -0.39 is 10.5 Å². The van der Waals surface area contributed by atoms with Crippen molar-refractivity contribution in [3.8, 4) is 0 Å². The van der Waals surface area contributed by atoms with Crippen molar-refractivity contribution in [2.75, 3.05) is 25.5 Å². The number of hydrogen-bond acceptors (Lipinski definition) is 5. The zero-order valence-electron chi connectivity index (χ0n) is 12.1. The van der Waals surface area contributed by atoms with Gasteiger partial charge in [-0.15, -0.1) is 0 Å². The SMILES string of the molecule is CN(CC(=O)Nc1ccc([N+](=O)[O-])cc1Cl)CC(C)(C)O. The van der Waals surface area contributed by atoms with E-state index in [-0.39, 0.29) is 23.2 Å². The second-order valence-corrected chi connectivity index (χ2v) is 5.86. The summed E-state index contributed by atoms with van der Waals surface area (Å²) in [6.07, 6.45) is 0. The Morgan fingerprint density at radius 3 is 2.62 bits per heavy atom. The highest BCUT2D eigenvalue weighted by Gasteiger charge is 2.18. The number of nitrogens with one attached hydrogen (secondary N) is 1. The van der Waals surface area contributed by atoms with Gasteiger partial charge in [0.05, 0.1) is 27.8 Å². The van der Waals surface area contributed by atoms with E-state index in [4.69, 9.17) is 11.6 Å². The van der Waals surface area contributed by atoms with Gasteiger partial charge < -0.3 is 10.4 Å². The van der Waals surface area contributed by atoms with Crippen LogP contribution in [0.3, 0.4) is 0 Å². The number of carbonyl (C=O) groups excluding carboxylic acids is 1. The maximum atomic E-state index is 11.9. The predicted octanol–water partition coefficient (Wildman–Crippen LogP) is 1.89. The Balaban J connectivity index is 2.65. The molecule has 1 amide bonds. The fraction of sp³-hybridized carbons (Fsp3) is 0.462. The number of carbonyl (C=O) groups is 1. The first kappa shape index (κ1) is 17.4. The van der Waals surface area contributed by atoms with E-state index in [0.29, 0.717) is 12.2 Å². The van der Waals surface area contributed by atoms with E-state index in [9.17, 15) is 20.0 Å². The molecule has 1 rings (SSSR count). The number of nitro benzene ring substituents is 1. The molecule has 0 spiro atoms. The Morgan fingerprint density at radius 1 is 1.52 bits per heavy atom. The van der Waals surface area contributed by atoms with Gasteiger partial charge in [-0.05, 0) is 27.0 Å². The smallest absolute Gasteiger partial charge is 0.271 e. The van der Waals surface area contributed by atoms with E-state index in [0.717, 1.165) is 0 Å². The standard InChI is InChI=1S/C13H18ClN3O4/c1-13(2,19)8-16(3)7-12(18)15-11-5-4-9(17(20)21)6-10(11)14/h4-6,19H,7-8H2,1-3H3,(H,15,18). The molecule has 0 radical (unpaired) electrons. The van der Waals surface area contributed by atoms with E-state index in [1.54, 1.807) is 25.8 Å². The Hall–Kier alpha value is -1.70. The van der Waals surface area contributed by atoms with Gasteiger partial charge in [0.2, 0.25) is 5.91 Å². The van der Waals surface area contributed by atoms with Gasteiger partial charge in [-0.2, -0.15) is 0 Å². The molecule has 21 heavy (non-hydrogen) atoms. The third kappa shape index (κ3) is 6.07. The van der Waals surface area contributed by atoms with Crippen LogP contribution >= 0.6 is 11.6 Å². The molecule has 2 N–H and O–H groups in total. The molecule has 0 atom stereocenters. The summed E-state index contributed by atoms with van der Waals surface area (Å²) >= 11 is 5.89. The summed E-state index contributed by atoms with van der Waals surface area (Å²) in [4.78, 5) is 23.5. The molecule has 0 aliphatic rings. The number of non-ortho nitro benzene ring substituents is 1. The van der Waals surface area contributed by atoms with Gasteiger partial charge in [0.25, 0.3) is 5.69 Å². The van der Waals surface area contributed by atoms with E-state index in [1.165, 1.54) is 18.2 Å². The summed E-state index contributed by atoms with van der Waals surface area (Å²) in [6, 6.07) is 3.83. The first-order valence-corrected chi connectivity index (χ1v) is 6.61. The minimum absolute atomic E-state index is 0.0668. The molecular formula is C13H18ClN3O4. The van der Waals surface area contributed by atoms with Gasteiger partial charge >= 0.3 is 0 Å². The maximum Gasteiger partial charge on any atom is 0.271 e. The van der Waals surface area contributed by atoms with Gasteiger partial charge in [-0.25, -0.2) is 0 Å². The average molecular weight is 316 g/mol. The zero-order valence-corrected chi connectivity index (χ0v) is 12.8. The molecule has 0 saturated heterocycles. The number of hydrogen-bond donors (Lipinski definition) is 2. The van der Waals surface area contributed by atoms with E-state index >= 15 is 0 Å². The second kappa shape index (κ2) is 6.84. The monoisotopic (exact) mass is 315 g/mol. The first-order valence-electron chi connectivity index (χ1n) is 6.23. The number of nitro groups is 1. The number of aliphatic hydroxyl groups is 1. The topological polar surface area (TPSA) is 95.7 Å². The minimum Gasteiger partial charge on any atom is -0.389 e. The third-order valence-corrected chi connectivity index (χ3v) is 2.82. The largest absolute Gasteiger partial charge is 0.389 e. The summed E-state index contributed by atoms with van der Waals surface area (Å²) in [5.74, 6) is -0.322. The number of rotatable bonds is 6. The lowest BCUT2D eigenvalue weighted by Gasteiger charge is -2.24. The lowest BCUT2D eigenvalue weighted by Crippen LogP contribution is -2.40. The second-order valence-electron chi connectivity index (χ2n) is 5.45. The Labute approximate surface area is 127 Å². The molecule has 0 aliphatic heterocycles. The highest BCUT2D eigenvalue weighted by molar-refractivity contribution is 6.34. The summed E-state index contributed by atoms with van der Waals surface area (Å²) in [5.41, 5.74) is -0.735. The molecule has 0 fully saturated rings. The highest BCUT2D eigenvalue weighted by Crippen LogP contribution is 2.26. The normalized spacial score (nSPS) is 11.5. The first-order chi connectivity index (χ1) is 9.58. The van der Waals surface area contributed by atoms with Gasteiger partial charge in [0, 0.05) is 18.7 Å². The van der Waals surface area contributed by atoms with Crippen LogP contribution in [0.4, 0.5) is 11.4 Å². The molecule has 0 heterocycles. The summed E-state index contributed by atoms with van der Waals surface area (Å²) in [5, 5.41) is 22.9. The molecule has 8 heteroatoms. The third-order valence-electron chi connectivity index (χ3n) is 2.51. The Bertz CT molecular complexity index is 543. The van der Waals surface area contributed by atoms with Crippen molar-refractivity contribution in [1.29, 1.82) is 0 Å². The number of benzene rings is 1. The van der Waals surface area contributed by atoms with Crippen molar-refractivity contribution >= 4 is 28.9 Å². The lowest BCUT2D eigenvalue weighted by atomic mass is 10.1. The molecule has 7 nitrogen and oxygen atoms in total. The maximum absolute atomic E-state index is 11.9. The number of amides is 1. The van der Waals surface area contributed by atoms with Gasteiger partial charge in [-0.3, -0.25) is 19.8 Å². The fourth-order valence-corrected chi connectivity index (χ4v) is 2.09. The van der Waals surface area contributed by atoms with Crippen molar-refractivity contribution in [2.24, 2.45) is 0 Å². The highest BCUT2D eigenvalue weighted by atomic mass is 35.5. The van der Waals surface area contributed by atoms with Crippen LogP contribution in [0, 0.1) is 10.1 Å². The molecule has 0 aliphatic carbocycles. The van der Waals surface area contributed by atoms with Crippen LogP contribution in [0.25, 0.3) is 0 Å². The summed E-state index contributed by atoms with van der Waals surface area (Å²) in [7, 11) is 1.70. The van der Waals surface area contributed by atoms with Crippen LogP contribution in [0.1, 0.15) is 13.8 Å². The molecule has 0 aromatic heterocycles. The van der Waals surface area contributed by atoms with Gasteiger partial charge in [0.1, 0.15) is 0 Å². The molecule has 0 unspecified atom stereocenters. The lowest BCUT2D eigenvalue weighted by molar-refractivity contribution is -0.384. The zero-order chi connectivity index (χ0) is 16.2. The van der Waals surface area contributed by atoms with Crippen molar-refractivity contribution in [2.45, 2.75) is 19.4 Å². The van der Waals surface area contributed by atoms with Crippen molar-refractivity contribution < 1.29 is 14.8 Å². The Kier molecular flexibility index (Phi) is 5.65. The number of nitrogens with zero attached hydrogens (tertiary/aromatic N) is 2. The van der Waals surface area contributed by atoms with E-state index in [1.807, 2.05) is 0 Å². The molecule has 0 bridgehead atoms. The summed E-state index contributed by atoms with van der Waals surface area (Å²) < 4.78 is 0. The molecule has 0 saturated carbocycles. The predicted molar refractivity (Wildman–Crippen MR) is 80.5 cm³/mol. The van der Waals surface area contributed by atoms with Crippen LogP contribution in [0.5, 0.6) is 0 Å². The van der Waals surface area contributed by atoms with Crippen LogP contribution in [-0.4, -0.2) is 46.6 Å². The van der Waals surface area contributed by atoms with Crippen LogP contribution in [0.15, 0.2) is 18.2 Å². The minimum atomic E-state index is -0.903. The van der Waals surface area contributed by atoms with Crippen molar-refractivity contribution in [3.63, 3.8) is 0 Å². The number of halogens is 1. The van der Waals surface area contributed by atoms with Crippen LogP contribution in [0.2, 0.25) is 5.02 Å². The Morgan fingerprint density at radius 2 is 2.14 bits per heavy atom. The van der Waals surface area contributed by atoms with Crippen molar-refractivity contribution in [3.05, 3.63) is 33.3 Å². The molecule has 1 aromatic rings. The number of anilines is 1. The quantitative estimate of drug-likeness (QED) is 0.617. The molecule has 116 valence electrons. The van der Waals surface area contributed by atoms with Gasteiger partial charge in [-0.1, -0.05) is 11.6 Å². The van der Waals surface area contributed by atoms with Gasteiger partial charge in [0.15, 0.2) is 0 Å². The molecular weight excluding hydrogens is 298 g/mol.